The number of hydrogen-bond donors (Lipinski definition) is 1. The number of carbonyl (C=O) groups is 1. The molecule has 2 aromatic rings. The Morgan fingerprint density at radius 2 is 2.09 bits per heavy atom. The first kappa shape index (κ1) is 14.5. The molecule has 3 rings (SSSR count). The van der Waals surface area contributed by atoms with E-state index in [1.165, 1.54) is 0 Å². The van der Waals surface area contributed by atoms with E-state index in [1.54, 1.807) is 4.90 Å². The molecule has 0 atom stereocenters. The zero-order valence-electron chi connectivity index (χ0n) is 13.1. The molecule has 1 amide bonds. The molecule has 5 nitrogen and oxygen atoms in total. The molecule has 1 aliphatic rings. The van der Waals surface area contributed by atoms with E-state index in [0.29, 0.717) is 12.1 Å². The van der Waals surface area contributed by atoms with Crippen LogP contribution in [0.5, 0.6) is 0 Å². The minimum atomic E-state index is -0.173. The smallest absolute Gasteiger partial charge is 0.252 e. The number of carbonyl (C=O) groups excluding carboxylic acids is 1. The maximum Gasteiger partial charge on any atom is 0.252 e. The van der Waals surface area contributed by atoms with Crippen molar-refractivity contribution in [3.8, 4) is 0 Å². The van der Waals surface area contributed by atoms with E-state index in [9.17, 15) is 9.59 Å². The van der Waals surface area contributed by atoms with Crippen molar-refractivity contribution >= 4 is 11.6 Å². The van der Waals surface area contributed by atoms with Gasteiger partial charge in [-0.25, -0.2) is 0 Å². The van der Waals surface area contributed by atoms with Gasteiger partial charge >= 0.3 is 0 Å². The van der Waals surface area contributed by atoms with Gasteiger partial charge in [-0.1, -0.05) is 0 Å². The minimum Gasteiger partial charge on any atom is -0.326 e. The Morgan fingerprint density at radius 3 is 2.82 bits per heavy atom. The minimum absolute atomic E-state index is 0.0522. The number of anilines is 1. The van der Waals surface area contributed by atoms with E-state index < -0.39 is 0 Å². The second-order valence-corrected chi connectivity index (χ2v) is 5.89. The molecule has 5 heteroatoms. The maximum absolute atomic E-state index is 12.6. The summed E-state index contributed by atoms with van der Waals surface area (Å²) >= 11 is 0. The van der Waals surface area contributed by atoms with Gasteiger partial charge in [-0.2, -0.15) is 0 Å². The first-order valence-corrected chi connectivity index (χ1v) is 7.41. The highest BCUT2D eigenvalue weighted by molar-refractivity contribution is 5.96. The standard InChI is InChI=1S/C17H19N3O2/c1-10-6-15-14(18-9-10)4-5-20(15)16(21)8-13-11(2)7-12(3)19-17(13)22/h6-7,9H,4-5,8H2,1-3H3,(H,19,22). The topological polar surface area (TPSA) is 66.1 Å². The number of amides is 1. The van der Waals surface area contributed by atoms with E-state index in [4.69, 9.17) is 0 Å². The zero-order valence-corrected chi connectivity index (χ0v) is 13.1. The maximum atomic E-state index is 12.6. The molecule has 3 heterocycles. The van der Waals surface area contributed by atoms with Crippen molar-refractivity contribution in [1.29, 1.82) is 0 Å². The van der Waals surface area contributed by atoms with Gasteiger partial charge in [0.15, 0.2) is 0 Å². The number of rotatable bonds is 2. The van der Waals surface area contributed by atoms with Gasteiger partial charge in [-0.15, -0.1) is 0 Å². The largest absolute Gasteiger partial charge is 0.326 e. The number of aromatic amines is 1. The molecule has 0 fully saturated rings. The summed E-state index contributed by atoms with van der Waals surface area (Å²) in [7, 11) is 0. The lowest BCUT2D eigenvalue weighted by Crippen LogP contribution is -2.32. The van der Waals surface area contributed by atoms with Crippen molar-refractivity contribution in [3.05, 3.63) is 56.8 Å². The van der Waals surface area contributed by atoms with E-state index in [-0.39, 0.29) is 17.9 Å². The number of nitrogens with zero attached hydrogens (tertiary/aromatic N) is 2. The summed E-state index contributed by atoms with van der Waals surface area (Å²) in [6.45, 7) is 6.30. The van der Waals surface area contributed by atoms with Gasteiger partial charge in [-0.3, -0.25) is 14.6 Å². The van der Waals surface area contributed by atoms with Crippen LogP contribution in [0.15, 0.2) is 23.1 Å². The van der Waals surface area contributed by atoms with Gasteiger partial charge < -0.3 is 9.88 Å². The Bertz CT molecular complexity index is 808. The predicted molar refractivity (Wildman–Crippen MR) is 85.3 cm³/mol. The fourth-order valence-corrected chi connectivity index (χ4v) is 2.95. The highest BCUT2D eigenvalue weighted by atomic mass is 16.2. The average molecular weight is 297 g/mol. The lowest BCUT2D eigenvalue weighted by molar-refractivity contribution is -0.117. The molecule has 22 heavy (non-hydrogen) atoms. The van der Waals surface area contributed by atoms with Crippen LogP contribution in [0.4, 0.5) is 5.69 Å². The van der Waals surface area contributed by atoms with Gasteiger partial charge in [0.2, 0.25) is 5.91 Å². The Kier molecular flexibility index (Phi) is 3.56. The highest BCUT2D eigenvalue weighted by Crippen LogP contribution is 2.27. The van der Waals surface area contributed by atoms with Crippen LogP contribution in [-0.2, 0) is 17.6 Å². The van der Waals surface area contributed by atoms with Gasteiger partial charge in [0.05, 0.1) is 17.8 Å². The van der Waals surface area contributed by atoms with E-state index in [0.717, 1.165) is 34.6 Å². The molecular weight excluding hydrogens is 278 g/mol. The Hall–Kier alpha value is -2.43. The van der Waals surface area contributed by atoms with Crippen LogP contribution >= 0.6 is 0 Å². The van der Waals surface area contributed by atoms with Crippen LogP contribution < -0.4 is 10.5 Å². The fraction of sp³-hybridized carbons (Fsp3) is 0.353. The SMILES string of the molecule is Cc1cnc2c(c1)N(C(=O)Cc1c(C)cc(C)[nH]c1=O)CC2. The molecule has 0 unspecified atom stereocenters. The fourth-order valence-electron chi connectivity index (χ4n) is 2.95. The predicted octanol–water partition coefficient (Wildman–Crippen LogP) is 1.83. The Balaban J connectivity index is 1.89. The number of hydrogen-bond acceptors (Lipinski definition) is 3. The van der Waals surface area contributed by atoms with Crippen LogP contribution in [0.1, 0.15) is 28.1 Å². The highest BCUT2D eigenvalue weighted by Gasteiger charge is 2.26. The molecular formula is C17H19N3O2. The first-order chi connectivity index (χ1) is 10.5. The Morgan fingerprint density at radius 1 is 1.32 bits per heavy atom. The second-order valence-electron chi connectivity index (χ2n) is 5.89. The molecule has 0 aromatic carbocycles. The molecule has 0 radical (unpaired) electrons. The van der Waals surface area contributed by atoms with Crippen LogP contribution in [0.3, 0.4) is 0 Å². The summed E-state index contributed by atoms with van der Waals surface area (Å²) in [6.07, 6.45) is 2.71. The molecule has 0 saturated carbocycles. The third-order valence-electron chi connectivity index (χ3n) is 4.07. The number of fused-ring (bicyclic) bond motifs is 1. The molecule has 2 aromatic heterocycles. The normalized spacial score (nSPS) is 13.3. The van der Waals surface area contributed by atoms with E-state index >= 15 is 0 Å². The number of aryl methyl sites for hydroxylation is 3. The van der Waals surface area contributed by atoms with Gasteiger partial charge in [0.1, 0.15) is 0 Å². The van der Waals surface area contributed by atoms with Crippen molar-refractivity contribution in [2.75, 3.05) is 11.4 Å². The summed E-state index contributed by atoms with van der Waals surface area (Å²) in [5.41, 5.74) is 4.90. The molecule has 0 bridgehead atoms. The number of H-pyrrole nitrogens is 1. The van der Waals surface area contributed by atoms with Crippen LogP contribution in [0, 0.1) is 20.8 Å². The molecule has 0 spiro atoms. The summed E-state index contributed by atoms with van der Waals surface area (Å²) in [5, 5.41) is 0. The van der Waals surface area contributed by atoms with Crippen molar-refractivity contribution < 1.29 is 4.79 Å². The average Bonchev–Trinajstić information content (AvgIpc) is 2.85. The first-order valence-electron chi connectivity index (χ1n) is 7.41. The lowest BCUT2D eigenvalue weighted by atomic mass is 10.1. The lowest BCUT2D eigenvalue weighted by Gasteiger charge is -2.18. The number of aromatic nitrogens is 2. The van der Waals surface area contributed by atoms with Crippen LogP contribution in [-0.4, -0.2) is 22.4 Å². The van der Waals surface area contributed by atoms with Gasteiger partial charge in [0.25, 0.3) is 5.56 Å². The third kappa shape index (κ3) is 2.54. The van der Waals surface area contributed by atoms with Gasteiger partial charge in [-0.05, 0) is 44.0 Å². The number of pyridine rings is 2. The summed E-state index contributed by atoms with van der Waals surface area (Å²) in [5.74, 6) is -0.0522. The molecule has 1 aliphatic heterocycles. The monoisotopic (exact) mass is 297 g/mol. The van der Waals surface area contributed by atoms with Crippen LogP contribution in [0.25, 0.3) is 0 Å². The summed E-state index contributed by atoms with van der Waals surface area (Å²) < 4.78 is 0. The molecule has 114 valence electrons. The molecule has 0 saturated heterocycles. The van der Waals surface area contributed by atoms with Crippen molar-refractivity contribution in [1.82, 2.24) is 9.97 Å². The van der Waals surface area contributed by atoms with Crippen molar-refractivity contribution in [2.45, 2.75) is 33.6 Å². The summed E-state index contributed by atoms with van der Waals surface area (Å²) in [6, 6.07) is 3.88. The molecule has 0 aliphatic carbocycles. The van der Waals surface area contributed by atoms with Crippen LogP contribution in [0.2, 0.25) is 0 Å². The van der Waals surface area contributed by atoms with Crippen molar-refractivity contribution in [3.63, 3.8) is 0 Å². The number of nitrogens with one attached hydrogen (secondary N) is 1. The summed E-state index contributed by atoms with van der Waals surface area (Å²) in [4.78, 5) is 33.6. The van der Waals surface area contributed by atoms with Gasteiger partial charge in [0, 0.05) is 30.4 Å². The Labute approximate surface area is 129 Å². The molecule has 1 N–H and O–H groups in total. The van der Waals surface area contributed by atoms with E-state index in [1.807, 2.05) is 39.1 Å². The zero-order chi connectivity index (χ0) is 15.9. The van der Waals surface area contributed by atoms with Crippen molar-refractivity contribution in [2.24, 2.45) is 0 Å². The quantitative estimate of drug-likeness (QED) is 0.919. The third-order valence-corrected chi connectivity index (χ3v) is 4.07. The van der Waals surface area contributed by atoms with E-state index in [2.05, 4.69) is 9.97 Å². The second kappa shape index (κ2) is 5.40.